The normalized spacial score (nSPS) is 13.8. The number of piperazine rings is 1. The van der Waals surface area contributed by atoms with E-state index in [1.807, 2.05) is 53.4 Å². The van der Waals surface area contributed by atoms with E-state index in [4.69, 9.17) is 4.98 Å². The number of carbonyl (C=O) groups is 1. The van der Waals surface area contributed by atoms with Crippen LogP contribution < -0.4 is 4.90 Å². The van der Waals surface area contributed by atoms with Crippen molar-refractivity contribution in [1.82, 2.24) is 24.6 Å². The van der Waals surface area contributed by atoms with Crippen LogP contribution in [0.1, 0.15) is 5.56 Å². The number of benzene rings is 2. The van der Waals surface area contributed by atoms with Crippen LogP contribution in [0.2, 0.25) is 0 Å². The highest BCUT2D eigenvalue weighted by molar-refractivity contribution is 5.77. The van der Waals surface area contributed by atoms with Crippen LogP contribution in [0.25, 0.3) is 22.8 Å². The molecule has 4 aromatic rings. The Kier molecular flexibility index (Phi) is 6.03. The third-order valence-electron chi connectivity index (χ3n) is 6.01. The molecule has 0 aliphatic carbocycles. The average molecular weight is 457 g/mol. The highest BCUT2D eigenvalue weighted by Crippen LogP contribution is 2.24. The molecule has 0 N–H and O–H groups in total. The summed E-state index contributed by atoms with van der Waals surface area (Å²) in [4.78, 5) is 26.4. The minimum atomic E-state index is -0.278. The number of aryl methyl sites for hydroxylation is 1. The number of hydrogen-bond donors (Lipinski definition) is 0. The second-order valence-corrected chi connectivity index (χ2v) is 8.30. The van der Waals surface area contributed by atoms with Gasteiger partial charge in [0.15, 0.2) is 11.6 Å². The van der Waals surface area contributed by atoms with Crippen LogP contribution in [0, 0.1) is 12.7 Å². The van der Waals surface area contributed by atoms with Gasteiger partial charge in [-0.25, -0.2) is 19.0 Å². The molecular weight excluding hydrogens is 431 g/mol. The van der Waals surface area contributed by atoms with Gasteiger partial charge in [-0.05, 0) is 42.8 Å². The maximum Gasteiger partial charge on any atom is 0.244 e. The lowest BCUT2D eigenvalue weighted by atomic mass is 10.1. The fraction of sp³-hybridized carbons (Fsp3) is 0.231. The van der Waals surface area contributed by atoms with Gasteiger partial charge in [0.25, 0.3) is 0 Å². The number of hydrogen-bond acceptors (Lipinski definition) is 5. The Morgan fingerprint density at radius 2 is 1.71 bits per heavy atom. The third-order valence-corrected chi connectivity index (χ3v) is 6.01. The third kappa shape index (κ3) is 4.52. The molecule has 0 saturated carbocycles. The van der Waals surface area contributed by atoms with Crippen molar-refractivity contribution in [2.45, 2.75) is 13.5 Å². The summed E-state index contributed by atoms with van der Waals surface area (Å²) < 4.78 is 15.5. The molecule has 1 amide bonds. The summed E-state index contributed by atoms with van der Waals surface area (Å²) in [5, 5.41) is 4.65. The van der Waals surface area contributed by atoms with E-state index < -0.39 is 0 Å². The van der Waals surface area contributed by atoms with Crippen molar-refractivity contribution in [3.05, 3.63) is 84.3 Å². The second kappa shape index (κ2) is 9.43. The van der Waals surface area contributed by atoms with Crippen molar-refractivity contribution in [3.8, 4) is 22.8 Å². The highest BCUT2D eigenvalue weighted by Gasteiger charge is 2.24. The molecule has 7 nitrogen and oxygen atoms in total. The Morgan fingerprint density at radius 1 is 0.941 bits per heavy atom. The maximum atomic E-state index is 13.9. The first-order valence-corrected chi connectivity index (χ1v) is 11.3. The summed E-state index contributed by atoms with van der Waals surface area (Å²) in [6, 6.07) is 20.3. The summed E-state index contributed by atoms with van der Waals surface area (Å²) in [7, 11) is 0. The molecule has 172 valence electrons. The van der Waals surface area contributed by atoms with E-state index in [0.717, 1.165) is 30.0 Å². The van der Waals surface area contributed by atoms with Crippen molar-refractivity contribution in [2.24, 2.45) is 0 Å². The second-order valence-electron chi connectivity index (χ2n) is 8.30. The number of amides is 1. The SMILES string of the molecule is Cc1cc(-c2nc(-c3ccccc3)nn2CC(=O)N2CCN(c3ccccn3)CC2)ccc1F. The Bertz CT molecular complexity index is 1280. The molecule has 34 heavy (non-hydrogen) atoms. The fourth-order valence-electron chi connectivity index (χ4n) is 4.11. The molecule has 3 heterocycles. The van der Waals surface area contributed by atoms with Crippen molar-refractivity contribution in [1.29, 1.82) is 0 Å². The molecule has 0 unspecified atom stereocenters. The molecule has 5 rings (SSSR count). The van der Waals surface area contributed by atoms with Gasteiger partial charge in [-0.1, -0.05) is 36.4 Å². The zero-order valence-corrected chi connectivity index (χ0v) is 18.9. The number of rotatable bonds is 5. The number of nitrogens with zero attached hydrogens (tertiary/aromatic N) is 6. The Labute approximate surface area is 197 Å². The molecule has 2 aromatic heterocycles. The summed E-state index contributed by atoms with van der Waals surface area (Å²) >= 11 is 0. The van der Waals surface area contributed by atoms with Crippen LogP contribution in [0.3, 0.4) is 0 Å². The van der Waals surface area contributed by atoms with Crippen LogP contribution >= 0.6 is 0 Å². The van der Waals surface area contributed by atoms with E-state index in [0.29, 0.717) is 30.3 Å². The largest absolute Gasteiger partial charge is 0.353 e. The summed E-state index contributed by atoms with van der Waals surface area (Å²) in [6.45, 7) is 4.44. The lowest BCUT2D eigenvalue weighted by Crippen LogP contribution is -2.49. The zero-order chi connectivity index (χ0) is 23.5. The minimum absolute atomic E-state index is 0.0229. The van der Waals surface area contributed by atoms with Gasteiger partial charge in [-0.15, -0.1) is 5.10 Å². The fourth-order valence-corrected chi connectivity index (χ4v) is 4.11. The van der Waals surface area contributed by atoms with Gasteiger partial charge in [0.2, 0.25) is 5.91 Å². The van der Waals surface area contributed by atoms with Gasteiger partial charge in [0.1, 0.15) is 18.2 Å². The molecule has 2 aromatic carbocycles. The lowest BCUT2D eigenvalue weighted by Gasteiger charge is -2.35. The quantitative estimate of drug-likeness (QED) is 0.457. The number of aromatic nitrogens is 4. The van der Waals surface area contributed by atoms with Gasteiger partial charge in [0.05, 0.1) is 0 Å². The Hall–Kier alpha value is -4.07. The first kappa shape index (κ1) is 21.8. The first-order chi connectivity index (χ1) is 16.6. The van der Waals surface area contributed by atoms with Crippen LogP contribution in [0.15, 0.2) is 72.9 Å². The number of pyridine rings is 1. The number of anilines is 1. The van der Waals surface area contributed by atoms with E-state index in [1.165, 1.54) is 6.07 Å². The summed E-state index contributed by atoms with van der Waals surface area (Å²) in [5.41, 5.74) is 2.10. The predicted octanol–water partition coefficient (Wildman–Crippen LogP) is 3.80. The molecule has 8 heteroatoms. The van der Waals surface area contributed by atoms with E-state index in [2.05, 4.69) is 15.0 Å². The monoisotopic (exact) mass is 456 g/mol. The molecule has 1 aliphatic rings. The van der Waals surface area contributed by atoms with Crippen molar-refractivity contribution >= 4 is 11.7 Å². The number of halogens is 1. The standard InChI is InChI=1S/C26H25FN6O/c1-19-17-21(10-11-22(19)27)26-29-25(20-7-3-2-4-8-20)30-33(26)18-24(34)32-15-13-31(14-16-32)23-9-5-6-12-28-23/h2-12,17H,13-16,18H2,1H3. The Morgan fingerprint density at radius 3 is 2.41 bits per heavy atom. The average Bonchev–Trinajstić information content (AvgIpc) is 3.30. The lowest BCUT2D eigenvalue weighted by molar-refractivity contribution is -0.132. The van der Waals surface area contributed by atoms with Crippen molar-refractivity contribution in [3.63, 3.8) is 0 Å². The van der Waals surface area contributed by atoms with Crippen LogP contribution in [0.4, 0.5) is 10.2 Å². The van der Waals surface area contributed by atoms with Gasteiger partial charge < -0.3 is 9.80 Å². The zero-order valence-electron chi connectivity index (χ0n) is 18.9. The smallest absolute Gasteiger partial charge is 0.244 e. The predicted molar refractivity (Wildman–Crippen MR) is 129 cm³/mol. The van der Waals surface area contributed by atoms with E-state index in [1.54, 1.807) is 29.9 Å². The topological polar surface area (TPSA) is 67.2 Å². The van der Waals surface area contributed by atoms with Crippen LogP contribution in [0.5, 0.6) is 0 Å². The molecule has 0 atom stereocenters. The van der Waals surface area contributed by atoms with Crippen molar-refractivity contribution < 1.29 is 9.18 Å². The molecule has 1 fully saturated rings. The minimum Gasteiger partial charge on any atom is -0.353 e. The van der Waals surface area contributed by atoms with Gasteiger partial charge in [-0.3, -0.25) is 4.79 Å². The van der Waals surface area contributed by atoms with Gasteiger partial charge in [-0.2, -0.15) is 0 Å². The van der Waals surface area contributed by atoms with Gasteiger partial charge >= 0.3 is 0 Å². The highest BCUT2D eigenvalue weighted by atomic mass is 19.1. The maximum absolute atomic E-state index is 13.9. The molecule has 0 bridgehead atoms. The Balaban J connectivity index is 1.37. The van der Waals surface area contributed by atoms with E-state index in [9.17, 15) is 9.18 Å². The number of carbonyl (C=O) groups excluding carboxylic acids is 1. The molecule has 1 aliphatic heterocycles. The van der Waals surface area contributed by atoms with Crippen LogP contribution in [-0.4, -0.2) is 56.7 Å². The molecule has 1 saturated heterocycles. The van der Waals surface area contributed by atoms with Gasteiger partial charge in [0, 0.05) is 43.5 Å². The molecule has 0 spiro atoms. The molecular formula is C26H25FN6O. The summed E-state index contributed by atoms with van der Waals surface area (Å²) in [6.07, 6.45) is 1.78. The molecule has 0 radical (unpaired) electrons. The first-order valence-electron chi connectivity index (χ1n) is 11.3. The summed E-state index contributed by atoms with van der Waals surface area (Å²) in [5.74, 6) is 1.70. The van der Waals surface area contributed by atoms with E-state index in [-0.39, 0.29) is 18.3 Å². The van der Waals surface area contributed by atoms with E-state index >= 15 is 0 Å². The van der Waals surface area contributed by atoms with Crippen LogP contribution in [-0.2, 0) is 11.3 Å². The van der Waals surface area contributed by atoms with Crippen molar-refractivity contribution in [2.75, 3.05) is 31.1 Å².